The van der Waals surface area contributed by atoms with Gasteiger partial charge in [-0.1, -0.05) is 19.4 Å². The standard InChI is InChI=1S/C20H27NO/c1-12-9-13-10-15(22)4-5-16(13)17-7-8-20(2)14(11-21)3-6-18(20)19(12)17/h10,12,14,16-19H,3-9H2,1-2H3/t12?,14-,16+,17-,18+,19-,20-/m1/s1. The molecular weight excluding hydrogens is 270 g/mol. The van der Waals surface area contributed by atoms with Gasteiger partial charge in [-0.25, -0.2) is 0 Å². The van der Waals surface area contributed by atoms with Gasteiger partial charge < -0.3 is 0 Å². The molecule has 1 unspecified atom stereocenters. The highest BCUT2D eigenvalue weighted by atomic mass is 16.1. The number of nitrogens with zero attached hydrogens (tertiary/aromatic N) is 1. The summed E-state index contributed by atoms with van der Waals surface area (Å²) >= 11 is 0. The fraction of sp³-hybridized carbons (Fsp3) is 0.800. The topological polar surface area (TPSA) is 40.9 Å². The summed E-state index contributed by atoms with van der Waals surface area (Å²) in [5, 5.41) is 9.55. The fourth-order valence-electron chi connectivity index (χ4n) is 6.80. The van der Waals surface area contributed by atoms with Gasteiger partial charge in [-0.2, -0.15) is 5.26 Å². The van der Waals surface area contributed by atoms with E-state index in [4.69, 9.17) is 0 Å². The van der Waals surface area contributed by atoms with Crippen molar-refractivity contribution in [3.05, 3.63) is 11.6 Å². The molecule has 2 heteroatoms. The maximum Gasteiger partial charge on any atom is 0.155 e. The molecule has 0 bridgehead atoms. The van der Waals surface area contributed by atoms with E-state index < -0.39 is 0 Å². The molecule has 7 atom stereocenters. The summed E-state index contributed by atoms with van der Waals surface area (Å²) < 4.78 is 0. The first-order chi connectivity index (χ1) is 10.5. The van der Waals surface area contributed by atoms with Crippen LogP contribution in [0.3, 0.4) is 0 Å². The highest BCUT2D eigenvalue weighted by Crippen LogP contribution is 2.64. The molecule has 4 rings (SSSR count). The molecule has 3 fully saturated rings. The van der Waals surface area contributed by atoms with Crippen LogP contribution in [0.15, 0.2) is 11.6 Å². The number of hydrogen-bond donors (Lipinski definition) is 0. The number of allylic oxidation sites excluding steroid dienone is 1. The highest BCUT2D eigenvalue weighted by molar-refractivity contribution is 5.91. The number of ketones is 1. The number of fused-ring (bicyclic) bond motifs is 5. The molecule has 2 nitrogen and oxygen atoms in total. The minimum absolute atomic E-state index is 0.260. The first kappa shape index (κ1) is 14.5. The van der Waals surface area contributed by atoms with Gasteiger partial charge in [-0.15, -0.1) is 0 Å². The molecule has 4 aliphatic rings. The number of rotatable bonds is 0. The van der Waals surface area contributed by atoms with Gasteiger partial charge in [0, 0.05) is 6.42 Å². The van der Waals surface area contributed by atoms with Crippen molar-refractivity contribution in [1.29, 1.82) is 5.26 Å². The van der Waals surface area contributed by atoms with Crippen LogP contribution >= 0.6 is 0 Å². The van der Waals surface area contributed by atoms with Crippen LogP contribution in [-0.2, 0) is 4.79 Å². The maximum atomic E-state index is 11.8. The lowest BCUT2D eigenvalue weighted by Crippen LogP contribution is -2.49. The van der Waals surface area contributed by atoms with Crippen LogP contribution in [0.5, 0.6) is 0 Å². The Labute approximate surface area is 134 Å². The summed E-state index contributed by atoms with van der Waals surface area (Å²) in [5.74, 6) is 4.28. The van der Waals surface area contributed by atoms with Gasteiger partial charge in [-0.3, -0.25) is 4.79 Å². The molecule has 0 amide bonds. The lowest BCUT2D eigenvalue weighted by atomic mass is 9.49. The van der Waals surface area contributed by atoms with Gasteiger partial charge in [0.15, 0.2) is 5.78 Å². The minimum atomic E-state index is 0.260. The lowest BCUT2D eigenvalue weighted by Gasteiger charge is -2.55. The summed E-state index contributed by atoms with van der Waals surface area (Å²) in [7, 11) is 0. The van der Waals surface area contributed by atoms with Crippen molar-refractivity contribution in [2.45, 2.75) is 58.8 Å². The Hall–Kier alpha value is -1.10. The van der Waals surface area contributed by atoms with E-state index in [2.05, 4.69) is 19.9 Å². The molecule has 0 aromatic carbocycles. The van der Waals surface area contributed by atoms with Crippen molar-refractivity contribution in [1.82, 2.24) is 0 Å². The normalized spacial score (nSPS) is 50.4. The van der Waals surface area contributed by atoms with Gasteiger partial charge in [0.05, 0.1) is 12.0 Å². The van der Waals surface area contributed by atoms with E-state index >= 15 is 0 Å². The molecule has 0 aromatic rings. The Kier molecular flexibility index (Phi) is 3.26. The molecule has 0 spiro atoms. The van der Waals surface area contributed by atoms with Crippen molar-refractivity contribution in [3.63, 3.8) is 0 Å². The van der Waals surface area contributed by atoms with E-state index in [-0.39, 0.29) is 11.3 Å². The zero-order valence-electron chi connectivity index (χ0n) is 13.8. The van der Waals surface area contributed by atoms with Gasteiger partial charge in [-0.05, 0) is 79.6 Å². The Bertz CT molecular complexity index is 571. The highest BCUT2D eigenvalue weighted by Gasteiger charge is 2.57. The van der Waals surface area contributed by atoms with Crippen molar-refractivity contribution in [2.75, 3.05) is 0 Å². The van der Waals surface area contributed by atoms with E-state index in [0.717, 1.165) is 43.4 Å². The number of carbonyl (C=O) groups excluding carboxylic acids is 1. The zero-order chi connectivity index (χ0) is 15.5. The predicted octanol–water partition coefficient (Wildman–Crippen LogP) is 4.51. The van der Waals surface area contributed by atoms with Gasteiger partial charge >= 0.3 is 0 Å². The molecule has 0 saturated heterocycles. The third-order valence-corrected chi connectivity index (χ3v) is 7.80. The molecular formula is C20H27NO. The van der Waals surface area contributed by atoms with E-state index in [1.165, 1.54) is 24.8 Å². The van der Waals surface area contributed by atoms with Crippen LogP contribution in [0.25, 0.3) is 0 Å². The largest absolute Gasteiger partial charge is 0.295 e. The molecule has 0 radical (unpaired) electrons. The van der Waals surface area contributed by atoms with E-state index in [1.54, 1.807) is 0 Å². The molecule has 22 heavy (non-hydrogen) atoms. The Morgan fingerprint density at radius 1 is 1.27 bits per heavy atom. The number of hydrogen-bond acceptors (Lipinski definition) is 2. The number of carbonyl (C=O) groups is 1. The van der Waals surface area contributed by atoms with Gasteiger partial charge in [0.25, 0.3) is 0 Å². The second-order valence-corrected chi connectivity index (χ2v) is 8.66. The zero-order valence-corrected chi connectivity index (χ0v) is 13.8. The van der Waals surface area contributed by atoms with E-state index in [1.807, 2.05) is 6.08 Å². The molecule has 118 valence electrons. The minimum Gasteiger partial charge on any atom is -0.295 e. The summed E-state index contributed by atoms with van der Waals surface area (Å²) in [5.41, 5.74) is 1.72. The van der Waals surface area contributed by atoms with E-state index in [9.17, 15) is 10.1 Å². The monoisotopic (exact) mass is 297 g/mol. The average Bonchev–Trinajstić information content (AvgIpc) is 2.83. The molecule has 4 aliphatic carbocycles. The van der Waals surface area contributed by atoms with Crippen molar-refractivity contribution in [2.24, 2.45) is 40.9 Å². The van der Waals surface area contributed by atoms with Gasteiger partial charge in [0.1, 0.15) is 0 Å². The second kappa shape index (κ2) is 4.95. The van der Waals surface area contributed by atoms with Crippen molar-refractivity contribution >= 4 is 5.78 Å². The smallest absolute Gasteiger partial charge is 0.155 e. The van der Waals surface area contributed by atoms with Crippen LogP contribution in [-0.4, -0.2) is 5.78 Å². The van der Waals surface area contributed by atoms with Crippen molar-refractivity contribution in [3.8, 4) is 6.07 Å². The quantitative estimate of drug-likeness (QED) is 0.660. The predicted molar refractivity (Wildman–Crippen MR) is 85.7 cm³/mol. The summed E-state index contributed by atoms with van der Waals surface area (Å²) in [6.45, 7) is 4.80. The van der Waals surface area contributed by atoms with Crippen LogP contribution in [0.4, 0.5) is 0 Å². The Morgan fingerprint density at radius 2 is 2.09 bits per heavy atom. The van der Waals surface area contributed by atoms with Crippen LogP contribution in [0.2, 0.25) is 0 Å². The lowest BCUT2D eigenvalue weighted by molar-refractivity contribution is -0.116. The summed E-state index contributed by atoms with van der Waals surface area (Å²) in [4.78, 5) is 11.8. The van der Waals surface area contributed by atoms with Gasteiger partial charge in [0.2, 0.25) is 0 Å². The first-order valence-electron chi connectivity index (χ1n) is 9.17. The fourth-order valence-corrected chi connectivity index (χ4v) is 6.80. The third kappa shape index (κ3) is 1.87. The molecule has 0 heterocycles. The Balaban J connectivity index is 1.68. The molecule has 0 aliphatic heterocycles. The SMILES string of the molecule is CC1CC2=CC(=O)CC[C@@H]2[C@H]2CC[C@]3(C)[C@@H](C#N)CC[C@H]3[C@H]12. The van der Waals surface area contributed by atoms with Crippen LogP contribution < -0.4 is 0 Å². The second-order valence-electron chi connectivity index (χ2n) is 8.66. The third-order valence-electron chi connectivity index (χ3n) is 7.80. The maximum absolute atomic E-state index is 11.8. The van der Waals surface area contributed by atoms with Crippen LogP contribution in [0.1, 0.15) is 58.8 Å². The van der Waals surface area contributed by atoms with E-state index in [0.29, 0.717) is 17.6 Å². The van der Waals surface area contributed by atoms with Crippen LogP contribution in [0, 0.1) is 52.3 Å². The molecule has 0 N–H and O–H groups in total. The molecule has 0 aromatic heterocycles. The summed E-state index contributed by atoms with van der Waals surface area (Å²) in [6.07, 6.45) is 9.82. The number of nitriles is 1. The Morgan fingerprint density at radius 3 is 2.86 bits per heavy atom. The molecule has 3 saturated carbocycles. The first-order valence-corrected chi connectivity index (χ1v) is 9.17. The average molecular weight is 297 g/mol. The summed E-state index contributed by atoms with van der Waals surface area (Å²) in [6, 6.07) is 2.62. The van der Waals surface area contributed by atoms with Crippen molar-refractivity contribution < 1.29 is 4.79 Å².